The Labute approximate surface area is 179 Å². The van der Waals surface area contributed by atoms with Gasteiger partial charge in [-0.1, -0.05) is 30.3 Å². The normalized spacial score (nSPS) is 11.0. The van der Waals surface area contributed by atoms with Crippen LogP contribution in [0.15, 0.2) is 73.2 Å². The zero-order chi connectivity index (χ0) is 21.6. The summed E-state index contributed by atoms with van der Waals surface area (Å²) in [6.07, 6.45) is 4.10. The molecule has 0 radical (unpaired) electrons. The molecule has 1 heterocycles. The average molecular weight is 418 g/mol. The van der Waals surface area contributed by atoms with E-state index in [1.807, 2.05) is 34.9 Å². The van der Waals surface area contributed by atoms with Crippen molar-refractivity contribution in [3.05, 3.63) is 90.3 Å². The number of nitrogens with one attached hydrogen (secondary N) is 2. The van der Waals surface area contributed by atoms with Gasteiger partial charge in [-0.05, 0) is 41.3 Å². The van der Waals surface area contributed by atoms with Crippen LogP contribution in [0.3, 0.4) is 0 Å². The molecule has 0 fully saturated rings. The van der Waals surface area contributed by atoms with Crippen LogP contribution in [-0.4, -0.2) is 33.7 Å². The molecule has 0 saturated heterocycles. The number of imidazole rings is 1. The van der Waals surface area contributed by atoms with Crippen LogP contribution in [0.2, 0.25) is 0 Å². The zero-order valence-electron chi connectivity index (χ0n) is 16.9. The number of phenolic OH excluding ortho intramolecular Hbond substituents is 1. The van der Waals surface area contributed by atoms with Gasteiger partial charge in [0.2, 0.25) is 5.91 Å². The van der Waals surface area contributed by atoms with Crippen molar-refractivity contribution < 1.29 is 14.3 Å². The van der Waals surface area contributed by atoms with E-state index in [9.17, 15) is 14.3 Å². The van der Waals surface area contributed by atoms with Gasteiger partial charge in [0.25, 0.3) is 0 Å². The Bertz CT molecular complexity index is 1210. The largest absolute Gasteiger partial charge is 0.508 e. The number of hydrogen-bond acceptors (Lipinski definition) is 4. The highest BCUT2D eigenvalue weighted by molar-refractivity contribution is 6.03. The lowest BCUT2D eigenvalue weighted by molar-refractivity contribution is -0.115. The summed E-state index contributed by atoms with van der Waals surface area (Å²) in [4.78, 5) is 16.5. The number of carbonyl (C=O) groups is 1. The first-order valence-electron chi connectivity index (χ1n) is 10.0. The maximum absolute atomic E-state index is 13.4. The van der Waals surface area contributed by atoms with Gasteiger partial charge in [0.15, 0.2) is 0 Å². The summed E-state index contributed by atoms with van der Waals surface area (Å²) in [6, 6.07) is 17.2. The molecule has 0 aliphatic heterocycles. The molecule has 0 unspecified atom stereocenters. The van der Waals surface area contributed by atoms with Crippen LogP contribution in [-0.2, 0) is 17.8 Å². The minimum Gasteiger partial charge on any atom is -0.508 e. The summed E-state index contributed by atoms with van der Waals surface area (Å²) in [5.41, 5.74) is 2.52. The number of amides is 1. The molecule has 0 aliphatic rings. The van der Waals surface area contributed by atoms with E-state index in [0.29, 0.717) is 25.2 Å². The molecule has 0 atom stereocenters. The summed E-state index contributed by atoms with van der Waals surface area (Å²) in [7, 11) is 0. The number of aromatic hydroxyl groups is 1. The van der Waals surface area contributed by atoms with E-state index >= 15 is 0 Å². The number of benzene rings is 3. The number of halogens is 1. The lowest BCUT2D eigenvalue weighted by atomic mass is 10.1. The van der Waals surface area contributed by atoms with Crippen molar-refractivity contribution in [1.29, 1.82) is 0 Å². The number of nitrogens with zero attached hydrogens (tertiary/aromatic N) is 2. The van der Waals surface area contributed by atoms with E-state index in [0.717, 1.165) is 22.0 Å². The summed E-state index contributed by atoms with van der Waals surface area (Å²) in [6.45, 7) is 1.37. The van der Waals surface area contributed by atoms with Gasteiger partial charge >= 0.3 is 0 Å². The number of fused-ring (bicyclic) bond motifs is 1. The first kappa shape index (κ1) is 20.6. The van der Waals surface area contributed by atoms with Crippen LogP contribution in [0, 0.1) is 5.82 Å². The molecule has 7 heteroatoms. The van der Waals surface area contributed by atoms with Crippen molar-refractivity contribution in [3.8, 4) is 5.75 Å². The fraction of sp³-hybridized carbons (Fsp3) is 0.167. The van der Waals surface area contributed by atoms with E-state index in [2.05, 4.69) is 15.6 Å². The first-order chi connectivity index (χ1) is 15.1. The third-order valence-corrected chi connectivity index (χ3v) is 5.03. The fourth-order valence-corrected chi connectivity index (χ4v) is 3.52. The van der Waals surface area contributed by atoms with E-state index in [-0.39, 0.29) is 24.0 Å². The Morgan fingerprint density at radius 1 is 1.10 bits per heavy atom. The molecule has 0 bridgehead atoms. The number of phenols is 1. The zero-order valence-corrected chi connectivity index (χ0v) is 16.9. The standard InChI is InChI=1S/C24H23FN4O2/c25-19-5-1-3-17(11-19)12-20-14-27-16-29(20)10-9-26-15-24(31)28-23-6-2-4-18-7-8-21(30)13-22(18)23/h1-8,11,13-14,16,26,30H,9-10,12,15H2,(H,28,31). The molecule has 4 rings (SSSR count). The Kier molecular flexibility index (Phi) is 6.24. The summed E-state index contributed by atoms with van der Waals surface area (Å²) in [5, 5.41) is 17.5. The van der Waals surface area contributed by atoms with E-state index in [1.54, 1.807) is 30.7 Å². The molecule has 0 spiro atoms. The van der Waals surface area contributed by atoms with Crippen molar-refractivity contribution in [2.75, 3.05) is 18.4 Å². The maximum atomic E-state index is 13.4. The molecule has 3 aromatic carbocycles. The third-order valence-electron chi connectivity index (χ3n) is 5.03. The Hall–Kier alpha value is -3.71. The Balaban J connectivity index is 1.29. The van der Waals surface area contributed by atoms with Gasteiger partial charge in [-0.15, -0.1) is 0 Å². The third kappa shape index (κ3) is 5.26. The summed E-state index contributed by atoms with van der Waals surface area (Å²) >= 11 is 0. The van der Waals surface area contributed by atoms with Crippen LogP contribution in [0.25, 0.3) is 10.8 Å². The molecule has 4 aromatic rings. The number of aromatic nitrogens is 2. The molecule has 31 heavy (non-hydrogen) atoms. The number of hydrogen-bond donors (Lipinski definition) is 3. The average Bonchev–Trinajstić information content (AvgIpc) is 3.18. The van der Waals surface area contributed by atoms with Gasteiger partial charge < -0.3 is 20.3 Å². The molecular formula is C24H23FN4O2. The molecule has 0 saturated carbocycles. The van der Waals surface area contributed by atoms with Gasteiger partial charge in [-0.25, -0.2) is 9.37 Å². The highest BCUT2D eigenvalue weighted by Gasteiger charge is 2.08. The maximum Gasteiger partial charge on any atom is 0.238 e. The second-order valence-corrected chi connectivity index (χ2v) is 7.32. The van der Waals surface area contributed by atoms with Gasteiger partial charge in [0.05, 0.1) is 12.9 Å². The van der Waals surface area contributed by atoms with Crippen molar-refractivity contribution in [3.63, 3.8) is 0 Å². The van der Waals surface area contributed by atoms with Crippen LogP contribution < -0.4 is 10.6 Å². The van der Waals surface area contributed by atoms with Gasteiger partial charge in [0.1, 0.15) is 11.6 Å². The van der Waals surface area contributed by atoms with E-state index in [1.165, 1.54) is 12.1 Å². The fourth-order valence-electron chi connectivity index (χ4n) is 3.52. The first-order valence-corrected chi connectivity index (χ1v) is 10.0. The lowest BCUT2D eigenvalue weighted by Crippen LogP contribution is -2.30. The summed E-state index contributed by atoms with van der Waals surface area (Å²) in [5.74, 6) is -0.263. The number of rotatable bonds is 8. The van der Waals surface area contributed by atoms with Crippen molar-refractivity contribution in [2.24, 2.45) is 0 Å². The van der Waals surface area contributed by atoms with E-state index < -0.39 is 0 Å². The van der Waals surface area contributed by atoms with Crippen LogP contribution in [0.1, 0.15) is 11.3 Å². The van der Waals surface area contributed by atoms with Crippen LogP contribution >= 0.6 is 0 Å². The minimum absolute atomic E-state index is 0.154. The SMILES string of the molecule is O=C(CNCCn1cncc1Cc1cccc(F)c1)Nc1cccc2ccc(O)cc12. The van der Waals surface area contributed by atoms with Gasteiger partial charge in [0, 0.05) is 42.5 Å². The monoisotopic (exact) mass is 418 g/mol. The van der Waals surface area contributed by atoms with Gasteiger partial charge in [-0.3, -0.25) is 4.79 Å². The van der Waals surface area contributed by atoms with Crippen molar-refractivity contribution in [2.45, 2.75) is 13.0 Å². The van der Waals surface area contributed by atoms with Crippen molar-refractivity contribution >= 4 is 22.4 Å². The summed E-state index contributed by atoms with van der Waals surface area (Å²) < 4.78 is 15.4. The Morgan fingerprint density at radius 3 is 2.84 bits per heavy atom. The predicted octanol–water partition coefficient (Wildman–Crippen LogP) is 3.70. The smallest absolute Gasteiger partial charge is 0.238 e. The number of carbonyl (C=O) groups excluding carboxylic acids is 1. The lowest BCUT2D eigenvalue weighted by Gasteiger charge is -2.11. The van der Waals surface area contributed by atoms with Crippen LogP contribution in [0.5, 0.6) is 5.75 Å². The molecule has 6 nitrogen and oxygen atoms in total. The number of anilines is 1. The molecule has 3 N–H and O–H groups in total. The quantitative estimate of drug-likeness (QED) is 0.381. The van der Waals surface area contributed by atoms with Crippen molar-refractivity contribution in [1.82, 2.24) is 14.9 Å². The molecule has 0 aliphatic carbocycles. The highest BCUT2D eigenvalue weighted by Crippen LogP contribution is 2.26. The molecule has 1 amide bonds. The topological polar surface area (TPSA) is 79.2 Å². The molecule has 1 aromatic heterocycles. The minimum atomic E-state index is -0.252. The highest BCUT2D eigenvalue weighted by atomic mass is 19.1. The van der Waals surface area contributed by atoms with Gasteiger partial charge in [-0.2, -0.15) is 0 Å². The van der Waals surface area contributed by atoms with Crippen LogP contribution in [0.4, 0.5) is 10.1 Å². The second-order valence-electron chi connectivity index (χ2n) is 7.32. The molecule has 158 valence electrons. The van der Waals surface area contributed by atoms with E-state index in [4.69, 9.17) is 0 Å². The second kappa shape index (κ2) is 9.40. The Morgan fingerprint density at radius 2 is 1.97 bits per heavy atom. The molecular weight excluding hydrogens is 395 g/mol. The predicted molar refractivity (Wildman–Crippen MR) is 119 cm³/mol.